The number of phenolic OH excluding ortho intramolecular Hbond substituents is 1. The van der Waals surface area contributed by atoms with Crippen LogP contribution in [0.5, 0.6) is 11.5 Å². The highest BCUT2D eigenvalue weighted by Gasteiger charge is 2.46. The normalized spacial score (nSPS) is 17.9. The number of carboxylic acid groups (broad SMARTS) is 1. The molecule has 0 spiro atoms. The first-order chi connectivity index (χ1) is 14.3. The van der Waals surface area contributed by atoms with Crippen molar-refractivity contribution in [2.75, 3.05) is 13.7 Å². The fourth-order valence-electron chi connectivity index (χ4n) is 3.47. The fourth-order valence-corrected chi connectivity index (χ4v) is 3.47. The number of carbonyl (C=O) groups excluding carboxylic acids is 2. The van der Waals surface area contributed by atoms with Gasteiger partial charge in [0.1, 0.15) is 5.76 Å². The average molecular weight is 411 g/mol. The zero-order valence-electron chi connectivity index (χ0n) is 16.2. The first kappa shape index (κ1) is 20.9. The van der Waals surface area contributed by atoms with E-state index in [1.54, 1.807) is 30.3 Å². The van der Waals surface area contributed by atoms with Crippen molar-refractivity contribution in [1.29, 1.82) is 0 Å². The van der Waals surface area contributed by atoms with Crippen LogP contribution in [0.4, 0.5) is 0 Å². The second kappa shape index (κ2) is 8.69. The van der Waals surface area contributed by atoms with Gasteiger partial charge in [-0.1, -0.05) is 36.4 Å². The molecule has 0 saturated carbocycles. The molecule has 1 unspecified atom stereocenters. The summed E-state index contributed by atoms with van der Waals surface area (Å²) in [6, 6.07) is 11.8. The maximum Gasteiger partial charge on any atom is 0.303 e. The van der Waals surface area contributed by atoms with Gasteiger partial charge in [-0.05, 0) is 24.1 Å². The van der Waals surface area contributed by atoms with E-state index in [2.05, 4.69) is 0 Å². The van der Waals surface area contributed by atoms with Crippen LogP contribution in [0.1, 0.15) is 30.0 Å². The van der Waals surface area contributed by atoms with Gasteiger partial charge < -0.3 is 25.0 Å². The molecule has 0 bridgehead atoms. The van der Waals surface area contributed by atoms with E-state index in [9.17, 15) is 24.6 Å². The largest absolute Gasteiger partial charge is 0.507 e. The summed E-state index contributed by atoms with van der Waals surface area (Å²) in [5.74, 6) is -3.00. The summed E-state index contributed by atoms with van der Waals surface area (Å²) < 4.78 is 5.13. The van der Waals surface area contributed by atoms with E-state index in [0.717, 1.165) is 0 Å². The maximum atomic E-state index is 12.8. The van der Waals surface area contributed by atoms with Crippen molar-refractivity contribution < 1.29 is 34.4 Å². The molecule has 1 saturated heterocycles. The number of hydrogen-bond acceptors (Lipinski definition) is 6. The summed E-state index contributed by atoms with van der Waals surface area (Å²) in [5, 5.41) is 29.7. The Kier molecular flexibility index (Phi) is 6.06. The van der Waals surface area contributed by atoms with Crippen LogP contribution in [0, 0.1) is 0 Å². The number of benzene rings is 2. The predicted octanol–water partition coefficient (Wildman–Crippen LogP) is 2.69. The van der Waals surface area contributed by atoms with Crippen LogP contribution in [0.25, 0.3) is 5.76 Å². The molecule has 2 aromatic carbocycles. The van der Waals surface area contributed by atoms with Gasteiger partial charge in [0.15, 0.2) is 11.5 Å². The Hall–Kier alpha value is -3.81. The number of likely N-dealkylation sites (tertiary alicyclic amines) is 1. The monoisotopic (exact) mass is 411 g/mol. The van der Waals surface area contributed by atoms with Crippen molar-refractivity contribution in [1.82, 2.24) is 4.90 Å². The number of Topliss-reactive ketones (excluding diaryl/α,β-unsaturated/α-hetero) is 1. The third-order valence-corrected chi connectivity index (χ3v) is 4.90. The predicted molar refractivity (Wildman–Crippen MR) is 107 cm³/mol. The highest BCUT2D eigenvalue weighted by atomic mass is 16.5. The van der Waals surface area contributed by atoms with Crippen LogP contribution in [-0.2, 0) is 14.4 Å². The van der Waals surface area contributed by atoms with Gasteiger partial charge in [-0.25, -0.2) is 0 Å². The van der Waals surface area contributed by atoms with Crippen molar-refractivity contribution in [3.8, 4) is 11.5 Å². The molecule has 1 aliphatic rings. The molecule has 156 valence electrons. The molecule has 3 N–H and O–H groups in total. The van der Waals surface area contributed by atoms with Gasteiger partial charge in [-0.3, -0.25) is 14.4 Å². The summed E-state index contributed by atoms with van der Waals surface area (Å²) >= 11 is 0. The van der Waals surface area contributed by atoms with E-state index >= 15 is 0 Å². The van der Waals surface area contributed by atoms with E-state index in [4.69, 9.17) is 9.84 Å². The number of ketones is 1. The summed E-state index contributed by atoms with van der Waals surface area (Å²) in [4.78, 5) is 37.7. The number of rotatable bonds is 7. The molecule has 1 heterocycles. The minimum absolute atomic E-state index is 0.0102. The van der Waals surface area contributed by atoms with Crippen LogP contribution in [-0.4, -0.2) is 51.5 Å². The maximum absolute atomic E-state index is 12.8. The number of aliphatic carboxylic acids is 1. The number of amides is 1. The zero-order valence-corrected chi connectivity index (χ0v) is 16.2. The molecule has 0 radical (unpaired) electrons. The summed E-state index contributed by atoms with van der Waals surface area (Å²) in [6.45, 7) is 0.0102. The number of nitrogens with zero attached hydrogens (tertiary/aromatic N) is 1. The first-order valence-electron chi connectivity index (χ1n) is 9.27. The summed E-state index contributed by atoms with van der Waals surface area (Å²) in [6.07, 6.45) is -0.0350. The van der Waals surface area contributed by atoms with E-state index in [-0.39, 0.29) is 42.2 Å². The molecule has 8 nitrogen and oxygen atoms in total. The van der Waals surface area contributed by atoms with Crippen LogP contribution in [0.2, 0.25) is 0 Å². The number of aromatic hydroxyl groups is 1. The van der Waals surface area contributed by atoms with Gasteiger partial charge >= 0.3 is 5.97 Å². The Balaban J connectivity index is 2.13. The Bertz CT molecular complexity index is 1010. The number of methoxy groups -OCH3 is 1. The molecule has 1 aliphatic heterocycles. The Morgan fingerprint density at radius 2 is 1.80 bits per heavy atom. The quantitative estimate of drug-likeness (QED) is 0.363. The molecule has 1 amide bonds. The highest BCUT2D eigenvalue weighted by molar-refractivity contribution is 6.46. The van der Waals surface area contributed by atoms with E-state index < -0.39 is 23.7 Å². The van der Waals surface area contributed by atoms with Gasteiger partial charge in [0.05, 0.1) is 18.7 Å². The van der Waals surface area contributed by atoms with Crippen molar-refractivity contribution in [3.05, 3.63) is 65.2 Å². The molecule has 1 fully saturated rings. The van der Waals surface area contributed by atoms with Gasteiger partial charge in [0, 0.05) is 18.5 Å². The van der Waals surface area contributed by atoms with Crippen LogP contribution < -0.4 is 4.74 Å². The molecule has 0 aliphatic carbocycles. The lowest BCUT2D eigenvalue weighted by atomic mass is 9.95. The minimum atomic E-state index is -1.02. The molecule has 30 heavy (non-hydrogen) atoms. The van der Waals surface area contributed by atoms with Gasteiger partial charge in [-0.15, -0.1) is 0 Å². The number of carbonyl (C=O) groups is 3. The lowest BCUT2D eigenvalue weighted by Crippen LogP contribution is -2.31. The van der Waals surface area contributed by atoms with Crippen LogP contribution >= 0.6 is 0 Å². The first-order valence-corrected chi connectivity index (χ1v) is 9.27. The molecule has 0 aromatic heterocycles. The van der Waals surface area contributed by atoms with Crippen molar-refractivity contribution >= 4 is 23.4 Å². The number of aliphatic hydroxyl groups excluding tert-OH is 1. The van der Waals surface area contributed by atoms with Crippen molar-refractivity contribution in [2.24, 2.45) is 0 Å². The van der Waals surface area contributed by atoms with Crippen LogP contribution in [0.3, 0.4) is 0 Å². The Morgan fingerprint density at radius 3 is 2.43 bits per heavy atom. The van der Waals surface area contributed by atoms with E-state index in [1.807, 2.05) is 0 Å². The van der Waals surface area contributed by atoms with Gasteiger partial charge in [-0.2, -0.15) is 0 Å². The molecular formula is C22H21NO7. The zero-order chi connectivity index (χ0) is 21.8. The standard InChI is InChI=1S/C22H21NO7/c1-30-16-12-14(9-10-15(16)24)19-18(20(27)13-6-3-2-4-7-13)21(28)22(29)23(19)11-5-8-17(25)26/h2-4,6-7,9-10,12,19,24,27H,5,8,11H2,1H3,(H,25,26). The number of ether oxygens (including phenoxy) is 1. The Morgan fingerprint density at radius 1 is 1.10 bits per heavy atom. The van der Waals surface area contributed by atoms with E-state index in [1.165, 1.54) is 30.2 Å². The lowest BCUT2D eigenvalue weighted by Gasteiger charge is -2.25. The second-order valence-corrected chi connectivity index (χ2v) is 6.79. The number of aliphatic hydroxyl groups is 1. The lowest BCUT2D eigenvalue weighted by molar-refractivity contribution is -0.140. The molecule has 1 atom stereocenters. The highest BCUT2D eigenvalue weighted by Crippen LogP contribution is 2.41. The number of phenols is 1. The minimum Gasteiger partial charge on any atom is -0.507 e. The molecule has 3 rings (SSSR count). The third kappa shape index (κ3) is 3.98. The summed E-state index contributed by atoms with van der Waals surface area (Å²) in [7, 11) is 1.37. The topological polar surface area (TPSA) is 124 Å². The van der Waals surface area contributed by atoms with Gasteiger partial charge in [0.2, 0.25) is 0 Å². The molecule has 8 heteroatoms. The molecular weight excluding hydrogens is 390 g/mol. The van der Waals surface area contributed by atoms with Crippen LogP contribution in [0.15, 0.2) is 54.1 Å². The SMILES string of the molecule is COc1cc(C2C(=C(O)c3ccccc3)C(=O)C(=O)N2CCCC(=O)O)ccc1O. The molecule has 2 aromatic rings. The van der Waals surface area contributed by atoms with Crippen molar-refractivity contribution in [2.45, 2.75) is 18.9 Å². The van der Waals surface area contributed by atoms with Crippen molar-refractivity contribution in [3.63, 3.8) is 0 Å². The van der Waals surface area contributed by atoms with Gasteiger partial charge in [0.25, 0.3) is 11.7 Å². The third-order valence-electron chi connectivity index (χ3n) is 4.90. The fraction of sp³-hybridized carbons (Fsp3) is 0.227. The number of carboxylic acids is 1. The summed E-state index contributed by atoms with van der Waals surface area (Å²) in [5.41, 5.74) is 0.711. The average Bonchev–Trinajstić information content (AvgIpc) is 2.99. The second-order valence-electron chi connectivity index (χ2n) is 6.79. The smallest absolute Gasteiger partial charge is 0.303 e. The van der Waals surface area contributed by atoms with E-state index in [0.29, 0.717) is 11.1 Å². The number of hydrogen-bond donors (Lipinski definition) is 3. The Labute approximate surface area is 172 Å².